The van der Waals surface area contributed by atoms with Crippen molar-refractivity contribution in [3.8, 4) is 5.75 Å². The van der Waals surface area contributed by atoms with Crippen molar-refractivity contribution in [3.05, 3.63) is 29.8 Å². The van der Waals surface area contributed by atoms with E-state index in [-0.39, 0.29) is 23.6 Å². The summed E-state index contributed by atoms with van der Waals surface area (Å²) in [6, 6.07) is 7.06. The van der Waals surface area contributed by atoms with Crippen molar-refractivity contribution in [3.63, 3.8) is 0 Å². The number of hydrogen-bond donors (Lipinski definition) is 0. The van der Waals surface area contributed by atoms with Crippen LogP contribution in [0.25, 0.3) is 0 Å². The number of benzene rings is 1. The lowest BCUT2D eigenvalue weighted by atomic mass is 10.1. The van der Waals surface area contributed by atoms with Gasteiger partial charge in [0.25, 0.3) is 0 Å². The van der Waals surface area contributed by atoms with Gasteiger partial charge in [0.05, 0.1) is 6.26 Å². The zero-order valence-electron chi connectivity index (χ0n) is 13.3. The van der Waals surface area contributed by atoms with Crippen LogP contribution in [-0.4, -0.2) is 31.5 Å². The van der Waals surface area contributed by atoms with Crippen LogP contribution in [0.15, 0.2) is 24.3 Å². The molecule has 22 heavy (non-hydrogen) atoms. The van der Waals surface area contributed by atoms with Crippen LogP contribution in [0.2, 0.25) is 0 Å². The molecule has 0 heterocycles. The standard InChI is InChI=1S/C16H23NO4S/c1-4-12(2)17(16(18)14-8-9-14)11-13-6-5-7-15(10-13)21-22(3,19)20/h5-7,10,12,14H,4,8-9,11H2,1-3H3/t12-/m1/s1. The molecule has 0 aliphatic heterocycles. The molecule has 1 atom stereocenters. The molecule has 6 heteroatoms. The molecule has 0 bridgehead atoms. The minimum Gasteiger partial charge on any atom is -0.383 e. The Balaban J connectivity index is 2.15. The van der Waals surface area contributed by atoms with Crippen molar-refractivity contribution >= 4 is 16.0 Å². The monoisotopic (exact) mass is 325 g/mol. The van der Waals surface area contributed by atoms with Crippen molar-refractivity contribution in [1.82, 2.24) is 4.90 Å². The minimum absolute atomic E-state index is 0.160. The van der Waals surface area contributed by atoms with E-state index >= 15 is 0 Å². The molecule has 1 amide bonds. The third-order valence-corrected chi connectivity index (χ3v) is 4.33. The maximum absolute atomic E-state index is 12.4. The molecule has 1 fully saturated rings. The van der Waals surface area contributed by atoms with E-state index in [1.807, 2.05) is 17.9 Å². The fourth-order valence-electron chi connectivity index (χ4n) is 2.30. The van der Waals surface area contributed by atoms with E-state index in [9.17, 15) is 13.2 Å². The lowest BCUT2D eigenvalue weighted by Crippen LogP contribution is -2.38. The van der Waals surface area contributed by atoms with E-state index in [1.54, 1.807) is 18.2 Å². The van der Waals surface area contributed by atoms with Crippen molar-refractivity contribution < 1.29 is 17.4 Å². The number of hydrogen-bond acceptors (Lipinski definition) is 4. The van der Waals surface area contributed by atoms with Gasteiger partial charge in [-0.3, -0.25) is 4.79 Å². The Hall–Kier alpha value is -1.56. The second-order valence-corrected chi connectivity index (χ2v) is 7.51. The van der Waals surface area contributed by atoms with Gasteiger partial charge in [0, 0.05) is 18.5 Å². The van der Waals surface area contributed by atoms with E-state index in [0.29, 0.717) is 6.54 Å². The van der Waals surface area contributed by atoms with Crippen molar-refractivity contribution in [2.24, 2.45) is 5.92 Å². The van der Waals surface area contributed by atoms with Crippen LogP contribution in [0.5, 0.6) is 5.75 Å². The smallest absolute Gasteiger partial charge is 0.306 e. The Morgan fingerprint density at radius 1 is 1.41 bits per heavy atom. The molecule has 0 radical (unpaired) electrons. The first-order valence-corrected chi connectivity index (χ1v) is 9.40. The van der Waals surface area contributed by atoms with Crippen LogP contribution in [0.1, 0.15) is 38.7 Å². The van der Waals surface area contributed by atoms with Gasteiger partial charge >= 0.3 is 10.1 Å². The molecule has 1 aromatic rings. The van der Waals surface area contributed by atoms with E-state index < -0.39 is 10.1 Å². The highest BCUT2D eigenvalue weighted by molar-refractivity contribution is 7.86. The summed E-state index contributed by atoms with van der Waals surface area (Å²) >= 11 is 0. The molecule has 0 saturated heterocycles. The predicted octanol–water partition coefficient (Wildman–Crippen LogP) is 2.56. The number of carbonyl (C=O) groups excluding carboxylic acids is 1. The number of rotatable bonds is 7. The maximum Gasteiger partial charge on any atom is 0.306 e. The molecule has 0 aromatic heterocycles. The number of carbonyl (C=O) groups is 1. The normalized spacial score (nSPS) is 16.1. The van der Waals surface area contributed by atoms with Gasteiger partial charge in [0.2, 0.25) is 5.91 Å². The highest BCUT2D eigenvalue weighted by Crippen LogP contribution is 2.32. The summed E-state index contributed by atoms with van der Waals surface area (Å²) in [5.41, 5.74) is 0.871. The lowest BCUT2D eigenvalue weighted by molar-refractivity contribution is -0.135. The number of nitrogens with zero attached hydrogens (tertiary/aromatic N) is 1. The average Bonchev–Trinajstić information content (AvgIpc) is 3.26. The fourth-order valence-corrected chi connectivity index (χ4v) is 2.76. The molecule has 1 saturated carbocycles. The minimum atomic E-state index is -3.54. The molecule has 122 valence electrons. The van der Waals surface area contributed by atoms with Crippen LogP contribution in [0, 0.1) is 5.92 Å². The summed E-state index contributed by atoms with van der Waals surface area (Å²) in [5.74, 6) is 0.649. The molecule has 1 aliphatic carbocycles. The summed E-state index contributed by atoms with van der Waals surface area (Å²) in [4.78, 5) is 14.3. The van der Waals surface area contributed by atoms with E-state index in [0.717, 1.165) is 31.1 Å². The fraction of sp³-hybridized carbons (Fsp3) is 0.562. The quantitative estimate of drug-likeness (QED) is 0.723. The van der Waals surface area contributed by atoms with Crippen molar-refractivity contribution in [2.45, 2.75) is 45.7 Å². The Morgan fingerprint density at radius 2 is 2.09 bits per heavy atom. The van der Waals surface area contributed by atoms with Gasteiger partial charge in [-0.2, -0.15) is 8.42 Å². The lowest BCUT2D eigenvalue weighted by Gasteiger charge is -2.29. The Labute approximate surface area is 132 Å². The molecule has 0 unspecified atom stereocenters. The van der Waals surface area contributed by atoms with Crippen molar-refractivity contribution in [2.75, 3.05) is 6.26 Å². The maximum atomic E-state index is 12.4. The molecular weight excluding hydrogens is 302 g/mol. The molecule has 2 rings (SSSR count). The molecule has 1 aromatic carbocycles. The molecule has 0 spiro atoms. The van der Waals surface area contributed by atoms with E-state index in [2.05, 4.69) is 6.92 Å². The largest absolute Gasteiger partial charge is 0.383 e. The van der Waals surface area contributed by atoms with Crippen LogP contribution >= 0.6 is 0 Å². The van der Waals surface area contributed by atoms with Crippen LogP contribution in [0.4, 0.5) is 0 Å². The zero-order chi connectivity index (χ0) is 16.3. The van der Waals surface area contributed by atoms with Crippen LogP contribution in [-0.2, 0) is 21.5 Å². The zero-order valence-corrected chi connectivity index (χ0v) is 14.1. The molecular formula is C16H23NO4S. The van der Waals surface area contributed by atoms with Gasteiger partial charge < -0.3 is 9.08 Å². The molecule has 1 aliphatic rings. The van der Waals surface area contributed by atoms with E-state index in [1.165, 1.54) is 0 Å². The third kappa shape index (κ3) is 4.73. The first-order valence-electron chi connectivity index (χ1n) is 7.59. The predicted molar refractivity (Wildman–Crippen MR) is 84.9 cm³/mol. The SMILES string of the molecule is CC[C@@H](C)N(Cc1cccc(OS(C)(=O)=O)c1)C(=O)C1CC1. The summed E-state index contributed by atoms with van der Waals surface area (Å²) in [6.45, 7) is 4.57. The Morgan fingerprint density at radius 3 is 2.64 bits per heavy atom. The van der Waals surface area contributed by atoms with Crippen molar-refractivity contribution in [1.29, 1.82) is 0 Å². The Bertz CT molecular complexity index is 637. The van der Waals surface area contributed by atoms with Gasteiger partial charge in [0.1, 0.15) is 5.75 Å². The third-order valence-electron chi connectivity index (χ3n) is 3.83. The second-order valence-electron chi connectivity index (χ2n) is 5.93. The summed E-state index contributed by atoms with van der Waals surface area (Å²) < 4.78 is 27.3. The highest BCUT2D eigenvalue weighted by atomic mass is 32.2. The number of amides is 1. The van der Waals surface area contributed by atoms with Gasteiger partial charge in [-0.1, -0.05) is 19.1 Å². The van der Waals surface area contributed by atoms with Gasteiger partial charge in [0.15, 0.2) is 0 Å². The second kappa shape index (κ2) is 6.69. The topological polar surface area (TPSA) is 63.7 Å². The molecule has 5 nitrogen and oxygen atoms in total. The Kier molecular flexibility index (Phi) is 5.11. The summed E-state index contributed by atoms with van der Waals surface area (Å²) in [7, 11) is -3.54. The van der Waals surface area contributed by atoms with Crippen LogP contribution < -0.4 is 4.18 Å². The molecule has 0 N–H and O–H groups in total. The average molecular weight is 325 g/mol. The van der Waals surface area contributed by atoms with Gasteiger partial charge in [-0.15, -0.1) is 0 Å². The first-order chi connectivity index (χ1) is 10.3. The van der Waals surface area contributed by atoms with Gasteiger partial charge in [-0.05, 0) is 43.9 Å². The van der Waals surface area contributed by atoms with Crippen LogP contribution in [0.3, 0.4) is 0 Å². The van der Waals surface area contributed by atoms with E-state index in [4.69, 9.17) is 4.18 Å². The highest BCUT2D eigenvalue weighted by Gasteiger charge is 2.34. The summed E-state index contributed by atoms with van der Waals surface area (Å²) in [5, 5.41) is 0. The van der Waals surface area contributed by atoms with Gasteiger partial charge in [-0.25, -0.2) is 0 Å². The first kappa shape index (κ1) is 16.8. The summed E-state index contributed by atoms with van der Waals surface area (Å²) in [6.07, 6.45) is 3.85.